The van der Waals surface area contributed by atoms with E-state index in [4.69, 9.17) is 4.42 Å². The zero-order chi connectivity index (χ0) is 15.9. The van der Waals surface area contributed by atoms with E-state index in [1.165, 1.54) is 0 Å². The van der Waals surface area contributed by atoms with Gasteiger partial charge in [-0.15, -0.1) is 10.2 Å². The van der Waals surface area contributed by atoms with Crippen molar-refractivity contribution in [2.24, 2.45) is 5.92 Å². The fourth-order valence-electron chi connectivity index (χ4n) is 2.88. The predicted octanol–water partition coefficient (Wildman–Crippen LogP) is 3.55. The summed E-state index contributed by atoms with van der Waals surface area (Å²) < 4.78 is 5.81. The molecule has 0 saturated carbocycles. The van der Waals surface area contributed by atoms with Crippen LogP contribution in [0.4, 0.5) is 0 Å². The molecular formula is C17H21N3O2. The molecule has 1 aromatic heterocycles. The molecule has 0 fully saturated rings. The number of fused-ring (bicyclic) bond motifs is 1. The average Bonchev–Trinajstić information content (AvgIpc) is 3.06. The second kappa shape index (κ2) is 5.55. The van der Waals surface area contributed by atoms with E-state index in [1.54, 1.807) is 0 Å². The number of nitrogens with zero attached hydrogens (tertiary/aromatic N) is 3. The van der Waals surface area contributed by atoms with Crippen LogP contribution in [0.25, 0.3) is 0 Å². The molecule has 0 bridgehead atoms. The zero-order valence-electron chi connectivity index (χ0n) is 13.4. The van der Waals surface area contributed by atoms with Crippen molar-refractivity contribution in [1.82, 2.24) is 15.1 Å². The van der Waals surface area contributed by atoms with E-state index in [1.807, 2.05) is 43.0 Å². The van der Waals surface area contributed by atoms with Gasteiger partial charge in [0.1, 0.15) is 6.04 Å². The summed E-state index contributed by atoms with van der Waals surface area (Å²) in [7, 11) is 0. The van der Waals surface area contributed by atoms with Crippen LogP contribution in [0, 0.1) is 5.92 Å². The van der Waals surface area contributed by atoms with Crippen molar-refractivity contribution in [2.45, 2.75) is 46.2 Å². The molecule has 2 aromatic rings. The lowest BCUT2D eigenvalue weighted by Gasteiger charge is -2.28. The first-order valence-electron chi connectivity index (χ1n) is 7.71. The Hall–Kier alpha value is -2.17. The van der Waals surface area contributed by atoms with Crippen LogP contribution in [0.1, 0.15) is 67.4 Å². The highest BCUT2D eigenvalue weighted by atomic mass is 16.4. The third-order valence-electron chi connectivity index (χ3n) is 4.02. The maximum absolute atomic E-state index is 12.7. The summed E-state index contributed by atoms with van der Waals surface area (Å²) >= 11 is 0. The standard InChI is InChI=1S/C17H21N3O2/c1-10(2)14(16-19-18-15(22-16)11(3)4)20-9-12-7-5-6-8-13(12)17(20)21/h5-8,10-11,14H,9H2,1-4H3. The predicted molar refractivity (Wildman–Crippen MR) is 82.3 cm³/mol. The van der Waals surface area contributed by atoms with Gasteiger partial charge < -0.3 is 9.32 Å². The third kappa shape index (κ3) is 2.40. The highest BCUT2D eigenvalue weighted by Crippen LogP contribution is 2.35. The highest BCUT2D eigenvalue weighted by Gasteiger charge is 2.37. The number of carbonyl (C=O) groups is 1. The molecule has 1 unspecified atom stereocenters. The van der Waals surface area contributed by atoms with Crippen LogP contribution in [0.2, 0.25) is 0 Å². The maximum Gasteiger partial charge on any atom is 0.255 e. The van der Waals surface area contributed by atoms with Gasteiger partial charge in [-0.3, -0.25) is 4.79 Å². The molecule has 2 heterocycles. The number of hydrogen-bond acceptors (Lipinski definition) is 4. The Morgan fingerprint density at radius 2 is 1.77 bits per heavy atom. The first kappa shape index (κ1) is 14.8. The Labute approximate surface area is 130 Å². The van der Waals surface area contributed by atoms with Gasteiger partial charge in [0, 0.05) is 18.0 Å². The topological polar surface area (TPSA) is 59.2 Å². The van der Waals surface area contributed by atoms with Crippen molar-refractivity contribution < 1.29 is 9.21 Å². The molecule has 5 nitrogen and oxygen atoms in total. The minimum Gasteiger partial charge on any atom is -0.423 e. The van der Waals surface area contributed by atoms with Gasteiger partial charge in [0.15, 0.2) is 0 Å². The number of rotatable bonds is 4. The van der Waals surface area contributed by atoms with Gasteiger partial charge in [-0.25, -0.2) is 0 Å². The van der Waals surface area contributed by atoms with E-state index in [-0.39, 0.29) is 23.8 Å². The van der Waals surface area contributed by atoms with E-state index in [0.717, 1.165) is 11.1 Å². The van der Waals surface area contributed by atoms with Gasteiger partial charge in [-0.1, -0.05) is 45.9 Å². The van der Waals surface area contributed by atoms with Gasteiger partial charge in [0.2, 0.25) is 11.8 Å². The van der Waals surface area contributed by atoms with Crippen LogP contribution in [0.5, 0.6) is 0 Å². The zero-order valence-corrected chi connectivity index (χ0v) is 13.4. The van der Waals surface area contributed by atoms with E-state index in [0.29, 0.717) is 18.3 Å². The molecule has 0 radical (unpaired) electrons. The molecule has 0 saturated heterocycles. The van der Waals surface area contributed by atoms with Gasteiger partial charge in [0.05, 0.1) is 0 Å². The number of aromatic nitrogens is 2. The molecular weight excluding hydrogens is 278 g/mol. The van der Waals surface area contributed by atoms with Gasteiger partial charge in [0.25, 0.3) is 5.91 Å². The van der Waals surface area contributed by atoms with Crippen molar-refractivity contribution in [3.8, 4) is 0 Å². The molecule has 116 valence electrons. The Bertz CT molecular complexity index is 691. The quantitative estimate of drug-likeness (QED) is 0.866. The summed E-state index contributed by atoms with van der Waals surface area (Å²) in [5.41, 5.74) is 1.83. The molecule has 0 N–H and O–H groups in total. The molecule has 1 amide bonds. The Kier molecular flexibility index (Phi) is 3.72. The molecule has 3 rings (SSSR count). The van der Waals surface area contributed by atoms with Crippen LogP contribution < -0.4 is 0 Å². The van der Waals surface area contributed by atoms with E-state index >= 15 is 0 Å². The molecule has 1 aliphatic rings. The first-order valence-corrected chi connectivity index (χ1v) is 7.71. The molecule has 0 aliphatic carbocycles. The molecule has 1 aliphatic heterocycles. The normalized spacial score (nSPS) is 15.7. The lowest BCUT2D eigenvalue weighted by molar-refractivity contribution is 0.0605. The second-order valence-corrected chi connectivity index (χ2v) is 6.41. The number of hydrogen-bond donors (Lipinski definition) is 0. The summed E-state index contributed by atoms with van der Waals surface area (Å²) in [6, 6.07) is 7.54. The Morgan fingerprint density at radius 1 is 1.09 bits per heavy atom. The highest BCUT2D eigenvalue weighted by molar-refractivity contribution is 5.98. The fourth-order valence-corrected chi connectivity index (χ4v) is 2.88. The third-order valence-corrected chi connectivity index (χ3v) is 4.02. The van der Waals surface area contributed by atoms with E-state index in [2.05, 4.69) is 24.0 Å². The minimum atomic E-state index is -0.195. The molecule has 1 atom stereocenters. The van der Waals surface area contributed by atoms with Crippen molar-refractivity contribution in [3.63, 3.8) is 0 Å². The number of carbonyl (C=O) groups excluding carboxylic acids is 1. The largest absolute Gasteiger partial charge is 0.423 e. The van der Waals surface area contributed by atoms with Crippen LogP contribution in [0.15, 0.2) is 28.7 Å². The first-order chi connectivity index (χ1) is 10.5. The van der Waals surface area contributed by atoms with E-state index in [9.17, 15) is 4.79 Å². The van der Waals surface area contributed by atoms with Crippen molar-refractivity contribution in [1.29, 1.82) is 0 Å². The van der Waals surface area contributed by atoms with Crippen LogP contribution in [-0.2, 0) is 6.54 Å². The average molecular weight is 299 g/mol. The minimum absolute atomic E-state index is 0.0404. The smallest absolute Gasteiger partial charge is 0.255 e. The Morgan fingerprint density at radius 3 is 2.36 bits per heavy atom. The summed E-state index contributed by atoms with van der Waals surface area (Å²) in [6.07, 6.45) is 0. The molecule has 1 aromatic carbocycles. The maximum atomic E-state index is 12.7. The summed E-state index contributed by atoms with van der Waals surface area (Å²) in [6.45, 7) is 8.76. The van der Waals surface area contributed by atoms with Crippen LogP contribution >= 0.6 is 0 Å². The molecule has 0 spiro atoms. The summed E-state index contributed by atoms with van der Waals surface area (Å²) in [5, 5.41) is 8.30. The monoisotopic (exact) mass is 299 g/mol. The van der Waals surface area contributed by atoms with E-state index < -0.39 is 0 Å². The lowest BCUT2D eigenvalue weighted by Crippen LogP contribution is -2.32. The summed E-state index contributed by atoms with van der Waals surface area (Å²) in [5.74, 6) is 1.56. The number of benzene rings is 1. The van der Waals surface area contributed by atoms with Crippen LogP contribution in [0.3, 0.4) is 0 Å². The van der Waals surface area contributed by atoms with Gasteiger partial charge in [-0.2, -0.15) is 0 Å². The molecule has 22 heavy (non-hydrogen) atoms. The van der Waals surface area contributed by atoms with Crippen molar-refractivity contribution in [2.75, 3.05) is 0 Å². The second-order valence-electron chi connectivity index (χ2n) is 6.41. The fraction of sp³-hybridized carbons (Fsp3) is 0.471. The number of amides is 1. The summed E-state index contributed by atoms with van der Waals surface area (Å²) in [4.78, 5) is 14.5. The van der Waals surface area contributed by atoms with Gasteiger partial charge in [-0.05, 0) is 17.5 Å². The van der Waals surface area contributed by atoms with Crippen LogP contribution in [-0.4, -0.2) is 21.0 Å². The lowest BCUT2D eigenvalue weighted by atomic mass is 10.0. The van der Waals surface area contributed by atoms with Gasteiger partial charge >= 0.3 is 0 Å². The SMILES string of the molecule is CC(C)c1nnc(C(C(C)C)N2Cc3ccccc3C2=O)o1. The molecule has 5 heteroatoms. The van der Waals surface area contributed by atoms with Crippen molar-refractivity contribution >= 4 is 5.91 Å². The Balaban J connectivity index is 1.94. The van der Waals surface area contributed by atoms with Crippen molar-refractivity contribution in [3.05, 3.63) is 47.2 Å².